The molecule has 37 heavy (non-hydrogen) atoms. The van der Waals surface area contributed by atoms with E-state index in [1.54, 1.807) is 0 Å². The van der Waals surface area contributed by atoms with Gasteiger partial charge in [-0.05, 0) is 46.9 Å². The number of imidazole rings is 1. The molecule has 0 unspecified atom stereocenters. The molecule has 4 aromatic rings. The SMILES string of the molecule is Cc1ccc2nc(-c3ccc(/C=C/c4ccc(N(C)CCO[SiH2][Si](C)(C)C(C)(C)C)cc4)cc3)cn2c1. The van der Waals surface area contributed by atoms with Crippen LogP contribution in [0.2, 0.25) is 18.1 Å². The van der Waals surface area contributed by atoms with Crippen molar-refractivity contribution in [2.24, 2.45) is 0 Å². The Morgan fingerprint density at radius 3 is 2.16 bits per heavy atom. The number of hydrogen-bond acceptors (Lipinski definition) is 3. The predicted molar refractivity (Wildman–Crippen MR) is 166 cm³/mol. The standard InChI is InChI=1S/C31H41N3OSi2/c1-24-8-19-30-32-29(23-34(30)22-24)27-15-11-25(12-16-27)9-10-26-13-17-28(18-14-26)33(5)20-21-35-36-37(6,7)31(2,3)4/h8-19,22-23H,20-21,36H2,1-7H3/b10-9+. The van der Waals surface area contributed by atoms with E-state index in [1.165, 1.54) is 22.4 Å². The van der Waals surface area contributed by atoms with Crippen LogP contribution in [-0.4, -0.2) is 46.5 Å². The molecule has 2 aromatic heterocycles. The molecule has 0 N–H and O–H groups in total. The minimum atomic E-state index is -1.24. The summed E-state index contributed by atoms with van der Waals surface area (Å²) in [7, 11) is 0.449. The Labute approximate surface area is 225 Å². The Bertz CT molecular complexity index is 1350. The molecule has 0 aliphatic rings. The topological polar surface area (TPSA) is 29.8 Å². The van der Waals surface area contributed by atoms with Crippen molar-refractivity contribution in [1.29, 1.82) is 0 Å². The molecule has 0 radical (unpaired) electrons. The van der Waals surface area contributed by atoms with Gasteiger partial charge in [0, 0.05) is 37.2 Å². The average molecular weight is 528 g/mol. The Morgan fingerprint density at radius 2 is 1.54 bits per heavy atom. The van der Waals surface area contributed by atoms with Crippen molar-refractivity contribution in [2.75, 3.05) is 25.1 Å². The summed E-state index contributed by atoms with van der Waals surface area (Å²) in [6.45, 7) is 15.9. The van der Waals surface area contributed by atoms with E-state index in [0.717, 1.165) is 30.1 Å². The van der Waals surface area contributed by atoms with Crippen LogP contribution in [0.3, 0.4) is 0 Å². The van der Waals surface area contributed by atoms with Gasteiger partial charge in [-0.15, -0.1) is 0 Å². The van der Waals surface area contributed by atoms with Crippen LogP contribution in [0.1, 0.15) is 37.5 Å². The number of nitrogens with zero attached hydrogens (tertiary/aromatic N) is 3. The third kappa shape index (κ3) is 6.89. The van der Waals surface area contributed by atoms with Gasteiger partial charge in [0.2, 0.25) is 0 Å². The van der Waals surface area contributed by atoms with Crippen LogP contribution < -0.4 is 4.90 Å². The summed E-state index contributed by atoms with van der Waals surface area (Å²) in [5.41, 5.74) is 7.91. The molecular weight excluding hydrogens is 487 g/mol. The third-order valence-corrected chi connectivity index (χ3v) is 18.9. The van der Waals surface area contributed by atoms with Gasteiger partial charge in [0.15, 0.2) is 9.28 Å². The Hall–Kier alpha value is -2.94. The summed E-state index contributed by atoms with van der Waals surface area (Å²) in [6.07, 6.45) is 8.53. The highest BCUT2D eigenvalue weighted by atomic mass is 29.2. The van der Waals surface area contributed by atoms with E-state index in [0.29, 0.717) is 5.04 Å². The summed E-state index contributed by atoms with van der Waals surface area (Å²) in [4.78, 5) is 7.03. The van der Waals surface area contributed by atoms with Crippen LogP contribution in [0.15, 0.2) is 73.1 Å². The van der Waals surface area contributed by atoms with E-state index in [4.69, 9.17) is 9.41 Å². The fraction of sp³-hybridized carbons (Fsp3) is 0.323. The predicted octanol–water partition coefficient (Wildman–Crippen LogP) is 7.02. The molecule has 0 atom stereocenters. The van der Waals surface area contributed by atoms with Crippen molar-refractivity contribution >= 4 is 40.4 Å². The molecule has 4 rings (SSSR count). The second kappa shape index (κ2) is 11.2. The van der Waals surface area contributed by atoms with Gasteiger partial charge in [0.25, 0.3) is 0 Å². The zero-order valence-corrected chi connectivity index (χ0v) is 25.9. The fourth-order valence-electron chi connectivity index (χ4n) is 3.91. The smallest absolute Gasteiger partial charge is 0.151 e. The van der Waals surface area contributed by atoms with E-state index >= 15 is 0 Å². The molecule has 194 valence electrons. The van der Waals surface area contributed by atoms with Crippen LogP contribution in [0.25, 0.3) is 29.1 Å². The molecule has 0 amide bonds. The molecule has 2 aromatic carbocycles. The van der Waals surface area contributed by atoms with Gasteiger partial charge in [-0.2, -0.15) is 0 Å². The molecule has 0 saturated heterocycles. The molecule has 4 nitrogen and oxygen atoms in total. The first kappa shape index (κ1) is 27.1. The van der Waals surface area contributed by atoms with Gasteiger partial charge >= 0.3 is 0 Å². The minimum absolute atomic E-state index is 0.422. The van der Waals surface area contributed by atoms with Crippen molar-refractivity contribution in [3.63, 3.8) is 0 Å². The van der Waals surface area contributed by atoms with E-state index in [-0.39, 0.29) is 0 Å². The molecule has 0 fully saturated rings. The molecule has 2 heterocycles. The number of rotatable bonds is 9. The van der Waals surface area contributed by atoms with Gasteiger partial charge in [0.1, 0.15) is 5.65 Å². The number of benzene rings is 2. The lowest BCUT2D eigenvalue weighted by molar-refractivity contribution is 0.351. The highest BCUT2D eigenvalue weighted by Gasteiger charge is 2.35. The van der Waals surface area contributed by atoms with Gasteiger partial charge in [0.05, 0.1) is 19.9 Å². The normalized spacial score (nSPS) is 12.8. The first-order chi connectivity index (χ1) is 17.5. The summed E-state index contributed by atoms with van der Waals surface area (Å²) in [5.74, 6) is 0. The molecule has 0 aliphatic carbocycles. The van der Waals surface area contributed by atoms with Crippen LogP contribution in [0.4, 0.5) is 5.69 Å². The highest BCUT2D eigenvalue weighted by molar-refractivity contribution is 7.22. The van der Waals surface area contributed by atoms with Crippen LogP contribution >= 0.6 is 0 Å². The Balaban J connectivity index is 1.30. The number of fused-ring (bicyclic) bond motifs is 1. The number of pyridine rings is 1. The lowest BCUT2D eigenvalue weighted by Gasteiger charge is -2.36. The van der Waals surface area contributed by atoms with Gasteiger partial charge in [-0.1, -0.05) is 88.5 Å². The first-order valence-electron chi connectivity index (χ1n) is 13.1. The van der Waals surface area contributed by atoms with Crippen molar-refractivity contribution in [3.8, 4) is 11.3 Å². The molecule has 0 saturated carbocycles. The minimum Gasteiger partial charge on any atom is -0.425 e. The van der Waals surface area contributed by atoms with Crippen LogP contribution in [-0.2, 0) is 4.43 Å². The van der Waals surface area contributed by atoms with Crippen molar-refractivity contribution in [2.45, 2.75) is 45.8 Å². The number of hydrogen-bond donors (Lipinski definition) is 0. The molecule has 0 bridgehead atoms. The number of anilines is 1. The van der Waals surface area contributed by atoms with Crippen molar-refractivity contribution in [3.05, 3.63) is 89.7 Å². The van der Waals surface area contributed by atoms with Crippen LogP contribution in [0, 0.1) is 6.92 Å². The highest BCUT2D eigenvalue weighted by Crippen LogP contribution is 2.34. The Kier molecular flexibility index (Phi) is 8.21. The largest absolute Gasteiger partial charge is 0.425 e. The number of likely N-dealkylation sites (N-methyl/N-ethyl adjacent to an activating group) is 1. The zero-order valence-electron chi connectivity index (χ0n) is 23.5. The van der Waals surface area contributed by atoms with Crippen molar-refractivity contribution in [1.82, 2.24) is 9.38 Å². The molecule has 0 aliphatic heterocycles. The third-order valence-electron chi connectivity index (χ3n) is 7.67. The first-order valence-corrected chi connectivity index (χ1v) is 19.1. The van der Waals surface area contributed by atoms with Crippen molar-refractivity contribution < 1.29 is 4.43 Å². The monoisotopic (exact) mass is 527 g/mol. The maximum Gasteiger partial charge on any atom is 0.151 e. The quantitative estimate of drug-likeness (QED) is 0.133. The van der Waals surface area contributed by atoms with E-state index in [9.17, 15) is 0 Å². The number of aryl methyl sites for hydroxylation is 1. The van der Waals surface area contributed by atoms with E-state index < -0.39 is 16.9 Å². The second-order valence-electron chi connectivity index (χ2n) is 11.8. The van der Waals surface area contributed by atoms with E-state index in [2.05, 4.69) is 142 Å². The average Bonchev–Trinajstić information content (AvgIpc) is 3.28. The zero-order chi connectivity index (χ0) is 26.6. The second-order valence-corrected chi connectivity index (χ2v) is 23.9. The molecule has 6 heteroatoms. The Morgan fingerprint density at radius 1 is 0.919 bits per heavy atom. The number of aromatic nitrogens is 2. The van der Waals surface area contributed by atoms with Gasteiger partial charge < -0.3 is 13.7 Å². The van der Waals surface area contributed by atoms with Gasteiger partial charge in [-0.25, -0.2) is 4.98 Å². The van der Waals surface area contributed by atoms with Gasteiger partial charge in [-0.3, -0.25) is 0 Å². The maximum absolute atomic E-state index is 6.23. The molecule has 0 spiro atoms. The fourth-order valence-corrected chi connectivity index (χ4v) is 8.39. The summed E-state index contributed by atoms with van der Waals surface area (Å²) < 4.78 is 8.31. The summed E-state index contributed by atoms with van der Waals surface area (Å²) in [5, 5.41) is 0.422. The van der Waals surface area contributed by atoms with Crippen LogP contribution in [0.5, 0.6) is 0 Å². The maximum atomic E-state index is 6.23. The molecular formula is C31H41N3OSi2. The lowest BCUT2D eigenvalue weighted by Crippen LogP contribution is -2.45. The summed E-state index contributed by atoms with van der Waals surface area (Å²) in [6, 6.07) is 21.5. The van der Waals surface area contributed by atoms with E-state index in [1.807, 2.05) is 0 Å². The lowest BCUT2D eigenvalue weighted by atomic mass is 10.1. The summed E-state index contributed by atoms with van der Waals surface area (Å²) >= 11 is 0.